The van der Waals surface area contributed by atoms with Gasteiger partial charge in [0.15, 0.2) is 0 Å². The van der Waals surface area contributed by atoms with Crippen LogP contribution in [0.5, 0.6) is 0 Å². The normalized spacial score (nSPS) is 10.6. The molecule has 2 N–H and O–H groups in total. The van der Waals surface area contributed by atoms with Gasteiger partial charge in [-0.3, -0.25) is 4.79 Å². The van der Waals surface area contributed by atoms with Crippen molar-refractivity contribution in [3.8, 4) is 0 Å². The summed E-state index contributed by atoms with van der Waals surface area (Å²) in [6.07, 6.45) is 0.914. The van der Waals surface area contributed by atoms with Crippen LogP contribution in [0.15, 0.2) is 54.6 Å². The number of nitrogens with zero attached hydrogens (tertiary/aromatic N) is 1. The number of pyridine rings is 1. The van der Waals surface area contributed by atoms with Crippen molar-refractivity contribution in [2.75, 3.05) is 11.9 Å². The minimum absolute atomic E-state index is 0.0593. The van der Waals surface area contributed by atoms with Crippen molar-refractivity contribution in [3.05, 3.63) is 70.9 Å². The van der Waals surface area contributed by atoms with E-state index in [-0.39, 0.29) is 5.91 Å². The molecule has 0 aliphatic rings. The minimum atomic E-state index is -0.0593. The monoisotopic (exact) mass is 353 g/mol. The Morgan fingerprint density at radius 2 is 1.96 bits per heavy atom. The predicted molar refractivity (Wildman–Crippen MR) is 103 cm³/mol. The first-order chi connectivity index (χ1) is 12.2. The third kappa shape index (κ3) is 4.28. The number of hydrogen-bond donors (Lipinski definition) is 2. The van der Waals surface area contributed by atoms with Gasteiger partial charge in [0, 0.05) is 35.3 Å². The number of carbonyl (C=O) groups excluding carboxylic acids is 1. The lowest BCUT2D eigenvalue weighted by molar-refractivity contribution is 0.0953. The van der Waals surface area contributed by atoms with Crippen LogP contribution in [0.25, 0.3) is 10.9 Å². The first kappa shape index (κ1) is 17.2. The van der Waals surface area contributed by atoms with E-state index in [0.29, 0.717) is 23.8 Å². The van der Waals surface area contributed by atoms with Gasteiger partial charge in [-0.05, 0) is 36.8 Å². The van der Waals surface area contributed by atoms with Gasteiger partial charge in [0.05, 0.1) is 5.52 Å². The van der Waals surface area contributed by atoms with E-state index in [9.17, 15) is 4.79 Å². The van der Waals surface area contributed by atoms with Gasteiger partial charge in [-0.25, -0.2) is 4.98 Å². The summed E-state index contributed by atoms with van der Waals surface area (Å²) in [5, 5.41) is 7.74. The lowest BCUT2D eigenvalue weighted by Crippen LogP contribution is -2.23. The zero-order valence-electron chi connectivity index (χ0n) is 14.1. The number of benzene rings is 2. The number of anilines is 1. The summed E-state index contributed by atoms with van der Waals surface area (Å²) in [5.74, 6) is -0.0593. The number of halogens is 1. The third-order valence-electron chi connectivity index (χ3n) is 3.89. The topological polar surface area (TPSA) is 54.0 Å². The number of fused-ring (bicyclic) bond motifs is 1. The molecule has 1 aromatic heterocycles. The number of hydrogen-bond acceptors (Lipinski definition) is 3. The highest BCUT2D eigenvalue weighted by molar-refractivity contribution is 6.30. The van der Waals surface area contributed by atoms with E-state index in [1.807, 2.05) is 55.5 Å². The van der Waals surface area contributed by atoms with Gasteiger partial charge < -0.3 is 10.6 Å². The van der Waals surface area contributed by atoms with Crippen molar-refractivity contribution in [3.63, 3.8) is 0 Å². The maximum absolute atomic E-state index is 12.1. The number of carbonyl (C=O) groups is 1. The molecule has 0 aliphatic carbocycles. The molecule has 0 saturated heterocycles. The van der Waals surface area contributed by atoms with E-state index in [0.717, 1.165) is 28.6 Å². The maximum atomic E-state index is 12.1. The quantitative estimate of drug-likeness (QED) is 0.635. The fourth-order valence-electron chi connectivity index (χ4n) is 2.57. The Kier molecular flexibility index (Phi) is 5.51. The summed E-state index contributed by atoms with van der Waals surface area (Å²) in [7, 11) is 0. The lowest BCUT2D eigenvalue weighted by Gasteiger charge is -2.10. The molecule has 0 radical (unpaired) electrons. The molecule has 1 amide bonds. The van der Waals surface area contributed by atoms with Crippen molar-refractivity contribution in [2.45, 2.75) is 19.9 Å². The van der Waals surface area contributed by atoms with Crippen LogP contribution >= 0.6 is 11.6 Å². The van der Waals surface area contributed by atoms with Crippen molar-refractivity contribution in [1.29, 1.82) is 0 Å². The molecule has 0 spiro atoms. The van der Waals surface area contributed by atoms with E-state index in [1.54, 1.807) is 6.07 Å². The van der Waals surface area contributed by atoms with Gasteiger partial charge in [-0.2, -0.15) is 0 Å². The molecular weight excluding hydrogens is 334 g/mol. The van der Waals surface area contributed by atoms with Crippen LogP contribution in [0.4, 0.5) is 5.69 Å². The molecule has 0 unspecified atom stereocenters. The highest BCUT2D eigenvalue weighted by atomic mass is 35.5. The van der Waals surface area contributed by atoms with Crippen LogP contribution in [0.3, 0.4) is 0 Å². The minimum Gasteiger partial charge on any atom is -0.381 e. The van der Waals surface area contributed by atoms with E-state index in [2.05, 4.69) is 15.6 Å². The number of amides is 1. The molecule has 1 heterocycles. The fraction of sp³-hybridized carbons (Fsp3) is 0.200. The van der Waals surface area contributed by atoms with Crippen molar-refractivity contribution in [2.24, 2.45) is 0 Å². The van der Waals surface area contributed by atoms with Crippen LogP contribution in [-0.4, -0.2) is 17.4 Å². The second-order valence-electron chi connectivity index (χ2n) is 5.82. The van der Waals surface area contributed by atoms with Gasteiger partial charge in [-0.15, -0.1) is 0 Å². The second-order valence-corrected chi connectivity index (χ2v) is 6.18. The summed E-state index contributed by atoms with van der Waals surface area (Å²) in [5.41, 5.74) is 3.31. The first-order valence-electron chi connectivity index (χ1n) is 8.33. The smallest absolute Gasteiger partial charge is 0.251 e. The summed E-state index contributed by atoms with van der Waals surface area (Å²) >= 11 is 6.29. The molecule has 0 fully saturated rings. The number of nitrogens with one attached hydrogen (secondary N) is 2. The van der Waals surface area contributed by atoms with E-state index in [4.69, 9.17) is 11.6 Å². The Morgan fingerprint density at radius 1 is 1.12 bits per heavy atom. The first-order valence-corrected chi connectivity index (χ1v) is 8.71. The van der Waals surface area contributed by atoms with Gasteiger partial charge in [0.25, 0.3) is 5.91 Å². The fourth-order valence-corrected chi connectivity index (χ4v) is 2.78. The Labute approximate surface area is 152 Å². The largest absolute Gasteiger partial charge is 0.381 e. The molecule has 0 aliphatic heterocycles. The van der Waals surface area contributed by atoms with Gasteiger partial charge in [-0.1, -0.05) is 42.8 Å². The van der Waals surface area contributed by atoms with Crippen LogP contribution < -0.4 is 10.6 Å². The average molecular weight is 354 g/mol. The number of aromatic nitrogens is 1. The van der Waals surface area contributed by atoms with Gasteiger partial charge in [0.1, 0.15) is 5.15 Å². The molecular formula is C20H20ClN3O. The molecule has 3 rings (SSSR count). The Hall–Kier alpha value is -2.59. The van der Waals surface area contributed by atoms with Crippen LogP contribution in [-0.2, 0) is 6.54 Å². The average Bonchev–Trinajstić information content (AvgIpc) is 2.64. The molecule has 3 aromatic rings. The number of para-hydroxylation sites is 1. The van der Waals surface area contributed by atoms with Crippen molar-refractivity contribution >= 4 is 34.1 Å². The highest BCUT2D eigenvalue weighted by Crippen LogP contribution is 2.21. The molecule has 0 atom stereocenters. The zero-order chi connectivity index (χ0) is 17.6. The van der Waals surface area contributed by atoms with E-state index < -0.39 is 0 Å². The second kappa shape index (κ2) is 7.99. The van der Waals surface area contributed by atoms with E-state index >= 15 is 0 Å². The molecule has 4 nitrogen and oxygen atoms in total. The molecule has 0 saturated carbocycles. The molecule has 25 heavy (non-hydrogen) atoms. The maximum Gasteiger partial charge on any atom is 0.251 e. The summed E-state index contributed by atoms with van der Waals surface area (Å²) in [6, 6.07) is 17.4. The number of rotatable bonds is 6. The predicted octanol–water partition coefficient (Wildman–Crippen LogP) is 4.64. The Bertz CT molecular complexity index is 895. The van der Waals surface area contributed by atoms with E-state index in [1.165, 1.54) is 0 Å². The van der Waals surface area contributed by atoms with Crippen LogP contribution in [0.1, 0.15) is 29.3 Å². The standard InChI is InChI=1S/C20H20ClN3O/c1-2-10-22-20(25)15-7-5-8-17(12-15)23-13-16-11-14-6-3-4-9-18(14)24-19(16)21/h3-9,11-12,23H,2,10,13H2,1H3,(H,22,25). The molecule has 128 valence electrons. The Morgan fingerprint density at radius 3 is 2.80 bits per heavy atom. The molecule has 5 heteroatoms. The summed E-state index contributed by atoms with van der Waals surface area (Å²) in [6.45, 7) is 3.24. The SMILES string of the molecule is CCCNC(=O)c1cccc(NCc2cc3ccccc3nc2Cl)c1. The van der Waals surface area contributed by atoms with Crippen molar-refractivity contribution in [1.82, 2.24) is 10.3 Å². The lowest BCUT2D eigenvalue weighted by atomic mass is 10.1. The Balaban J connectivity index is 1.73. The summed E-state index contributed by atoms with van der Waals surface area (Å²) in [4.78, 5) is 16.5. The summed E-state index contributed by atoms with van der Waals surface area (Å²) < 4.78 is 0. The van der Waals surface area contributed by atoms with Crippen molar-refractivity contribution < 1.29 is 4.79 Å². The van der Waals surface area contributed by atoms with Crippen LogP contribution in [0, 0.1) is 0 Å². The highest BCUT2D eigenvalue weighted by Gasteiger charge is 2.07. The van der Waals surface area contributed by atoms with Crippen LogP contribution in [0.2, 0.25) is 5.15 Å². The van der Waals surface area contributed by atoms with Gasteiger partial charge in [0.2, 0.25) is 0 Å². The van der Waals surface area contributed by atoms with Gasteiger partial charge >= 0.3 is 0 Å². The molecule has 2 aromatic carbocycles. The molecule has 0 bridgehead atoms. The third-order valence-corrected chi connectivity index (χ3v) is 4.22. The zero-order valence-corrected chi connectivity index (χ0v) is 14.8.